The molecular formula is C24H33N5O2. The van der Waals surface area contributed by atoms with E-state index in [0.29, 0.717) is 19.0 Å². The van der Waals surface area contributed by atoms with Gasteiger partial charge in [0, 0.05) is 31.6 Å². The van der Waals surface area contributed by atoms with Crippen molar-refractivity contribution in [2.24, 2.45) is 0 Å². The lowest BCUT2D eigenvalue weighted by Crippen LogP contribution is -2.46. The van der Waals surface area contributed by atoms with E-state index in [-0.39, 0.29) is 17.9 Å². The summed E-state index contributed by atoms with van der Waals surface area (Å²) in [6.07, 6.45) is 9.54. The van der Waals surface area contributed by atoms with Crippen LogP contribution in [0.1, 0.15) is 56.6 Å². The normalized spacial score (nSPS) is 18.2. The maximum absolute atomic E-state index is 12.6. The molecule has 31 heavy (non-hydrogen) atoms. The lowest BCUT2D eigenvalue weighted by Gasteiger charge is -2.31. The number of rotatable bonds is 8. The van der Waals surface area contributed by atoms with E-state index in [9.17, 15) is 9.59 Å². The highest BCUT2D eigenvalue weighted by Gasteiger charge is 2.24. The second-order valence-electron chi connectivity index (χ2n) is 8.75. The summed E-state index contributed by atoms with van der Waals surface area (Å²) in [5, 5.41) is 10.6. The van der Waals surface area contributed by atoms with Gasteiger partial charge in [-0.05, 0) is 37.7 Å². The predicted molar refractivity (Wildman–Crippen MR) is 121 cm³/mol. The van der Waals surface area contributed by atoms with E-state index < -0.39 is 0 Å². The number of piperidine rings is 1. The van der Waals surface area contributed by atoms with Gasteiger partial charge < -0.3 is 10.6 Å². The van der Waals surface area contributed by atoms with Crippen molar-refractivity contribution in [2.75, 3.05) is 25.0 Å². The van der Waals surface area contributed by atoms with Crippen molar-refractivity contribution < 1.29 is 9.59 Å². The van der Waals surface area contributed by atoms with E-state index in [4.69, 9.17) is 0 Å². The quantitative estimate of drug-likeness (QED) is 0.684. The summed E-state index contributed by atoms with van der Waals surface area (Å²) >= 11 is 0. The van der Waals surface area contributed by atoms with Crippen LogP contribution in [0.25, 0.3) is 0 Å². The number of nitrogens with one attached hydrogen (secondary N) is 2. The SMILES string of the molecule is O=C(CN1CCC(NC(=O)CCc2ccccc2)CC1)Nc1ccnn1C1CCCC1. The second-order valence-corrected chi connectivity index (χ2v) is 8.75. The molecule has 1 saturated heterocycles. The second kappa shape index (κ2) is 10.6. The van der Waals surface area contributed by atoms with Gasteiger partial charge in [-0.3, -0.25) is 14.5 Å². The maximum Gasteiger partial charge on any atom is 0.239 e. The summed E-state index contributed by atoms with van der Waals surface area (Å²) in [7, 11) is 0. The Bertz CT molecular complexity index is 852. The number of likely N-dealkylation sites (tertiary alicyclic amines) is 1. The Hall–Kier alpha value is -2.67. The lowest BCUT2D eigenvalue weighted by molar-refractivity contribution is -0.122. The molecule has 2 N–H and O–H groups in total. The van der Waals surface area contributed by atoms with Crippen LogP contribution in [0, 0.1) is 0 Å². The number of aromatic nitrogens is 2. The van der Waals surface area contributed by atoms with Crippen LogP contribution in [-0.2, 0) is 16.0 Å². The highest BCUT2D eigenvalue weighted by atomic mass is 16.2. The maximum atomic E-state index is 12.6. The molecule has 1 aliphatic heterocycles. The first-order valence-corrected chi connectivity index (χ1v) is 11.6. The third kappa shape index (κ3) is 6.17. The zero-order valence-electron chi connectivity index (χ0n) is 18.1. The van der Waals surface area contributed by atoms with E-state index in [1.807, 2.05) is 28.9 Å². The van der Waals surface area contributed by atoms with Gasteiger partial charge in [-0.1, -0.05) is 43.2 Å². The largest absolute Gasteiger partial charge is 0.353 e. The van der Waals surface area contributed by atoms with Gasteiger partial charge in [0.15, 0.2) is 0 Å². The van der Waals surface area contributed by atoms with E-state index in [1.54, 1.807) is 6.20 Å². The number of benzene rings is 1. The molecule has 0 spiro atoms. The van der Waals surface area contributed by atoms with Crippen LogP contribution >= 0.6 is 0 Å². The van der Waals surface area contributed by atoms with Crippen molar-refractivity contribution in [1.29, 1.82) is 0 Å². The van der Waals surface area contributed by atoms with Gasteiger partial charge in [0.2, 0.25) is 11.8 Å². The van der Waals surface area contributed by atoms with E-state index in [1.165, 1.54) is 18.4 Å². The van der Waals surface area contributed by atoms with Gasteiger partial charge in [0.25, 0.3) is 0 Å². The standard InChI is InChI=1S/C24H33N5O2/c30-23(11-10-19-6-2-1-3-7-19)26-20-13-16-28(17-14-20)18-24(31)27-22-12-15-25-29(22)21-8-4-5-9-21/h1-3,6-7,12,15,20-21H,4-5,8-11,13-14,16-18H2,(H,26,30)(H,27,31). The molecule has 7 heteroatoms. The van der Waals surface area contributed by atoms with Crippen molar-refractivity contribution in [3.63, 3.8) is 0 Å². The van der Waals surface area contributed by atoms with E-state index in [0.717, 1.165) is 51.0 Å². The van der Waals surface area contributed by atoms with Crippen LogP contribution in [-0.4, -0.2) is 52.2 Å². The summed E-state index contributed by atoms with van der Waals surface area (Å²) in [6, 6.07) is 12.6. The number of aryl methyl sites for hydroxylation is 1. The number of hydrogen-bond acceptors (Lipinski definition) is 4. The molecule has 2 aromatic rings. The van der Waals surface area contributed by atoms with Crippen molar-refractivity contribution >= 4 is 17.6 Å². The van der Waals surface area contributed by atoms with Crippen LogP contribution in [0.5, 0.6) is 0 Å². The molecule has 4 rings (SSSR count). The van der Waals surface area contributed by atoms with Crippen LogP contribution in [0.2, 0.25) is 0 Å². The van der Waals surface area contributed by atoms with Crippen LogP contribution < -0.4 is 10.6 Å². The summed E-state index contributed by atoms with van der Waals surface area (Å²) in [4.78, 5) is 27.0. The lowest BCUT2D eigenvalue weighted by atomic mass is 10.0. The Labute approximate surface area is 184 Å². The average Bonchev–Trinajstić information content (AvgIpc) is 3.46. The molecule has 0 bridgehead atoms. The monoisotopic (exact) mass is 423 g/mol. The molecule has 1 aromatic heterocycles. The molecule has 0 unspecified atom stereocenters. The number of nitrogens with zero attached hydrogens (tertiary/aromatic N) is 3. The fourth-order valence-electron chi connectivity index (χ4n) is 4.68. The summed E-state index contributed by atoms with van der Waals surface area (Å²) in [5.41, 5.74) is 1.19. The first-order valence-electron chi connectivity index (χ1n) is 11.6. The van der Waals surface area contributed by atoms with E-state index in [2.05, 4.69) is 32.8 Å². The predicted octanol–water partition coefficient (Wildman–Crippen LogP) is 3.15. The summed E-state index contributed by atoms with van der Waals surface area (Å²) in [5.74, 6) is 0.919. The third-order valence-corrected chi connectivity index (χ3v) is 6.41. The van der Waals surface area contributed by atoms with Gasteiger partial charge in [0.1, 0.15) is 5.82 Å². The number of carbonyl (C=O) groups excluding carboxylic acids is 2. The Kier molecular flexibility index (Phi) is 7.35. The number of hydrogen-bond donors (Lipinski definition) is 2. The molecule has 2 amide bonds. The molecule has 7 nitrogen and oxygen atoms in total. The van der Waals surface area contributed by atoms with Crippen molar-refractivity contribution in [2.45, 2.75) is 63.5 Å². The minimum absolute atomic E-state index is 0.00472. The van der Waals surface area contributed by atoms with E-state index >= 15 is 0 Å². The van der Waals surface area contributed by atoms with Crippen molar-refractivity contribution in [3.8, 4) is 0 Å². The Morgan fingerprint density at radius 1 is 0.968 bits per heavy atom. The topological polar surface area (TPSA) is 79.3 Å². The molecule has 0 atom stereocenters. The molecule has 2 fully saturated rings. The van der Waals surface area contributed by atoms with Crippen LogP contribution in [0.3, 0.4) is 0 Å². The molecule has 2 aliphatic rings. The highest BCUT2D eigenvalue weighted by Crippen LogP contribution is 2.31. The van der Waals surface area contributed by atoms with Gasteiger partial charge in [0.05, 0.1) is 18.8 Å². The summed E-state index contributed by atoms with van der Waals surface area (Å²) < 4.78 is 1.97. The number of anilines is 1. The minimum atomic E-state index is 0.00472. The summed E-state index contributed by atoms with van der Waals surface area (Å²) in [6.45, 7) is 2.02. The molecule has 0 radical (unpaired) electrons. The molecule has 2 heterocycles. The third-order valence-electron chi connectivity index (χ3n) is 6.41. The van der Waals surface area contributed by atoms with Gasteiger partial charge >= 0.3 is 0 Å². The minimum Gasteiger partial charge on any atom is -0.353 e. The Morgan fingerprint density at radius 3 is 2.45 bits per heavy atom. The van der Waals surface area contributed by atoms with Crippen molar-refractivity contribution in [1.82, 2.24) is 20.0 Å². The van der Waals surface area contributed by atoms with Gasteiger partial charge in [-0.15, -0.1) is 0 Å². The average molecular weight is 424 g/mol. The Morgan fingerprint density at radius 2 is 1.71 bits per heavy atom. The van der Waals surface area contributed by atoms with Gasteiger partial charge in [-0.2, -0.15) is 5.10 Å². The molecular weight excluding hydrogens is 390 g/mol. The first-order chi connectivity index (χ1) is 15.2. The zero-order valence-corrected chi connectivity index (χ0v) is 18.1. The molecule has 1 aromatic carbocycles. The number of carbonyl (C=O) groups is 2. The number of amides is 2. The van der Waals surface area contributed by atoms with Crippen LogP contribution in [0.4, 0.5) is 5.82 Å². The van der Waals surface area contributed by atoms with Gasteiger partial charge in [-0.25, -0.2) is 4.68 Å². The fourth-order valence-corrected chi connectivity index (χ4v) is 4.68. The highest BCUT2D eigenvalue weighted by molar-refractivity contribution is 5.91. The first kappa shape index (κ1) is 21.6. The molecule has 1 saturated carbocycles. The fraction of sp³-hybridized carbons (Fsp3) is 0.542. The van der Waals surface area contributed by atoms with Crippen molar-refractivity contribution in [3.05, 3.63) is 48.2 Å². The molecule has 166 valence electrons. The smallest absolute Gasteiger partial charge is 0.239 e. The Balaban J connectivity index is 1.16. The molecule has 1 aliphatic carbocycles. The zero-order chi connectivity index (χ0) is 21.5. The van der Waals surface area contributed by atoms with Crippen LogP contribution in [0.15, 0.2) is 42.6 Å².